The number of aliphatic hydroxyl groups is 2. The summed E-state index contributed by atoms with van der Waals surface area (Å²) in [6, 6.07) is 0. The minimum atomic E-state index is -2.23. The molecule has 0 radical (unpaired) electrons. The van der Waals surface area contributed by atoms with Gasteiger partial charge < -0.3 is 15.3 Å². The minimum Gasteiger partial charge on any atom is -0.481 e. The van der Waals surface area contributed by atoms with Gasteiger partial charge in [-0.3, -0.25) is 9.59 Å². The van der Waals surface area contributed by atoms with Crippen molar-refractivity contribution in [2.75, 3.05) is 0 Å². The highest BCUT2D eigenvalue weighted by Crippen LogP contribution is 2.66. The molecule has 3 saturated carbocycles. The van der Waals surface area contributed by atoms with Crippen LogP contribution in [0.2, 0.25) is 0 Å². The van der Waals surface area contributed by atoms with Gasteiger partial charge in [0.15, 0.2) is 5.78 Å². The maximum absolute atomic E-state index is 12.0. The summed E-state index contributed by atoms with van der Waals surface area (Å²) in [5.74, 6) is -2.62. The number of carboxylic acids is 1. The molecule has 0 aromatic rings. The van der Waals surface area contributed by atoms with E-state index in [-0.39, 0.29) is 29.6 Å². The van der Waals surface area contributed by atoms with Gasteiger partial charge in [-0.1, -0.05) is 25.5 Å². The highest BCUT2D eigenvalue weighted by molar-refractivity contribution is 5.89. The minimum absolute atomic E-state index is 0.0671. The molecular weight excluding hydrogens is 320 g/mol. The molecule has 6 atom stereocenters. The molecule has 0 bridgehead atoms. The Morgan fingerprint density at radius 2 is 1.88 bits per heavy atom. The number of allylic oxidation sites excluding steroid dienone is 2. The van der Waals surface area contributed by atoms with Crippen LogP contribution < -0.4 is 0 Å². The fourth-order valence-electron chi connectivity index (χ4n) is 7.01. The van der Waals surface area contributed by atoms with Gasteiger partial charge in [-0.2, -0.15) is 0 Å². The summed E-state index contributed by atoms with van der Waals surface area (Å²) in [7, 11) is 0. The van der Waals surface area contributed by atoms with E-state index in [2.05, 4.69) is 19.9 Å². The van der Waals surface area contributed by atoms with Crippen LogP contribution in [-0.2, 0) is 9.59 Å². The summed E-state index contributed by atoms with van der Waals surface area (Å²) in [6.45, 7) is 4.23. The molecule has 5 heteroatoms. The van der Waals surface area contributed by atoms with Crippen molar-refractivity contribution in [2.24, 2.45) is 34.5 Å². The summed E-state index contributed by atoms with van der Waals surface area (Å²) in [6.07, 6.45) is 6.69. The van der Waals surface area contributed by atoms with E-state index in [1.165, 1.54) is 0 Å². The van der Waals surface area contributed by atoms with Crippen LogP contribution in [-0.4, -0.2) is 32.9 Å². The number of carboxylic acid groups (broad SMARTS) is 1. The second-order valence-corrected chi connectivity index (χ2v) is 9.37. The highest BCUT2D eigenvalue weighted by Gasteiger charge is 2.62. The van der Waals surface area contributed by atoms with Gasteiger partial charge in [-0.15, -0.1) is 0 Å². The van der Waals surface area contributed by atoms with Crippen molar-refractivity contribution in [1.82, 2.24) is 0 Å². The second-order valence-electron chi connectivity index (χ2n) is 9.37. The number of Topliss-reactive ketones (excluding diaryl/α,β-unsaturated/α-hetero) is 1. The van der Waals surface area contributed by atoms with Gasteiger partial charge in [-0.05, 0) is 60.7 Å². The van der Waals surface area contributed by atoms with Crippen LogP contribution in [0.3, 0.4) is 0 Å². The zero-order chi connectivity index (χ0) is 18.2. The van der Waals surface area contributed by atoms with E-state index in [4.69, 9.17) is 0 Å². The topological polar surface area (TPSA) is 94.8 Å². The van der Waals surface area contributed by atoms with E-state index >= 15 is 0 Å². The lowest BCUT2D eigenvalue weighted by Gasteiger charge is -2.58. The maximum Gasteiger partial charge on any atom is 0.307 e. The van der Waals surface area contributed by atoms with E-state index in [9.17, 15) is 24.9 Å². The van der Waals surface area contributed by atoms with Crippen LogP contribution in [0, 0.1) is 34.5 Å². The summed E-state index contributed by atoms with van der Waals surface area (Å²) >= 11 is 0. The molecule has 0 spiro atoms. The number of ketones is 1. The van der Waals surface area contributed by atoms with Gasteiger partial charge in [0.2, 0.25) is 5.79 Å². The molecule has 4 rings (SSSR count). The molecule has 3 N–H and O–H groups in total. The first-order valence-electron chi connectivity index (χ1n) is 9.50. The van der Waals surface area contributed by atoms with Gasteiger partial charge in [0.05, 0.1) is 5.92 Å². The number of carbonyl (C=O) groups excluding carboxylic acids is 1. The van der Waals surface area contributed by atoms with Gasteiger partial charge in [-0.25, -0.2) is 0 Å². The predicted octanol–water partition coefficient (Wildman–Crippen LogP) is 2.51. The SMILES string of the molecule is C[C@]12CC[C@H]3[C@@H](CC=C4CC(=O)C(O)(O)C[C@@]43C)[C@@H]1CC[C@@H]2C(=O)O. The third-order valence-electron chi connectivity index (χ3n) is 8.33. The third-order valence-corrected chi connectivity index (χ3v) is 8.33. The van der Waals surface area contributed by atoms with Gasteiger partial charge in [0.1, 0.15) is 0 Å². The first-order chi connectivity index (χ1) is 11.6. The molecular formula is C20H28O5. The first-order valence-corrected chi connectivity index (χ1v) is 9.50. The fourth-order valence-corrected chi connectivity index (χ4v) is 7.01. The molecule has 0 saturated heterocycles. The van der Waals surface area contributed by atoms with Crippen molar-refractivity contribution >= 4 is 11.8 Å². The average Bonchev–Trinajstić information content (AvgIpc) is 2.86. The highest BCUT2D eigenvalue weighted by atomic mass is 16.5. The van der Waals surface area contributed by atoms with Crippen LogP contribution in [0.4, 0.5) is 0 Å². The maximum atomic E-state index is 12.0. The number of carbonyl (C=O) groups is 2. The molecule has 0 heterocycles. The van der Waals surface area contributed by atoms with Crippen molar-refractivity contribution in [3.05, 3.63) is 11.6 Å². The summed E-state index contributed by atoms with van der Waals surface area (Å²) < 4.78 is 0. The third kappa shape index (κ3) is 2.21. The van der Waals surface area contributed by atoms with Crippen LogP contribution in [0.1, 0.15) is 58.8 Å². The Bertz CT molecular complexity index is 665. The molecule has 3 fully saturated rings. The monoisotopic (exact) mass is 348 g/mol. The van der Waals surface area contributed by atoms with E-state index in [0.717, 1.165) is 37.7 Å². The molecule has 0 unspecified atom stereocenters. The number of hydrogen-bond donors (Lipinski definition) is 3. The Balaban J connectivity index is 1.70. The zero-order valence-electron chi connectivity index (χ0n) is 15.0. The van der Waals surface area contributed by atoms with Gasteiger partial charge in [0, 0.05) is 12.8 Å². The smallest absolute Gasteiger partial charge is 0.307 e. The Hall–Kier alpha value is -1.20. The summed E-state index contributed by atoms with van der Waals surface area (Å²) in [5.41, 5.74) is 0.534. The normalized spacial score (nSPS) is 48.2. The quantitative estimate of drug-likeness (QED) is 0.500. The van der Waals surface area contributed by atoms with Gasteiger partial charge >= 0.3 is 5.97 Å². The van der Waals surface area contributed by atoms with E-state index < -0.39 is 17.5 Å². The molecule has 0 aliphatic heterocycles. The predicted molar refractivity (Wildman–Crippen MR) is 90.4 cm³/mol. The summed E-state index contributed by atoms with van der Waals surface area (Å²) in [5, 5.41) is 30.0. The lowest BCUT2D eigenvalue weighted by Crippen LogP contribution is -2.56. The molecule has 0 aromatic carbocycles. The largest absolute Gasteiger partial charge is 0.481 e. The standard InChI is InChI=1S/C20H28O5/c1-18-8-7-14-12(13(18)5-6-15(18)17(22)23)4-3-11-9-16(21)20(24,25)10-19(11,14)2/h3,12-15,24-25H,4-10H2,1-2H3,(H,22,23)/t12-,13-,14-,15+,18-,19-/m0/s1. The van der Waals surface area contributed by atoms with Crippen molar-refractivity contribution < 1.29 is 24.9 Å². The van der Waals surface area contributed by atoms with E-state index in [1.54, 1.807) is 0 Å². The van der Waals surface area contributed by atoms with Crippen LogP contribution in [0.25, 0.3) is 0 Å². The van der Waals surface area contributed by atoms with Crippen LogP contribution >= 0.6 is 0 Å². The van der Waals surface area contributed by atoms with Crippen LogP contribution in [0.5, 0.6) is 0 Å². The van der Waals surface area contributed by atoms with Crippen molar-refractivity contribution in [3.63, 3.8) is 0 Å². The van der Waals surface area contributed by atoms with Crippen LogP contribution in [0.15, 0.2) is 11.6 Å². The first kappa shape index (κ1) is 17.2. The Labute approximate surface area is 148 Å². The molecule has 25 heavy (non-hydrogen) atoms. The number of fused-ring (bicyclic) bond motifs is 5. The molecule has 4 aliphatic carbocycles. The Morgan fingerprint density at radius 3 is 2.56 bits per heavy atom. The van der Waals surface area contributed by atoms with Crippen molar-refractivity contribution in [2.45, 2.75) is 64.6 Å². The Morgan fingerprint density at radius 1 is 1.16 bits per heavy atom. The number of aliphatic carboxylic acids is 1. The lowest BCUT2D eigenvalue weighted by molar-refractivity contribution is -0.205. The van der Waals surface area contributed by atoms with E-state index in [1.807, 2.05) is 0 Å². The summed E-state index contributed by atoms with van der Waals surface area (Å²) in [4.78, 5) is 23.7. The molecule has 4 aliphatic rings. The second kappa shape index (κ2) is 5.17. The molecule has 0 aromatic heterocycles. The average molecular weight is 348 g/mol. The number of rotatable bonds is 1. The lowest BCUT2D eigenvalue weighted by atomic mass is 9.47. The zero-order valence-corrected chi connectivity index (χ0v) is 15.0. The Kier molecular flexibility index (Phi) is 3.56. The van der Waals surface area contributed by atoms with Crippen molar-refractivity contribution in [3.8, 4) is 0 Å². The van der Waals surface area contributed by atoms with Gasteiger partial charge in [0.25, 0.3) is 0 Å². The van der Waals surface area contributed by atoms with Crippen molar-refractivity contribution in [1.29, 1.82) is 0 Å². The van der Waals surface area contributed by atoms with E-state index in [0.29, 0.717) is 17.8 Å². The number of hydrogen-bond acceptors (Lipinski definition) is 4. The molecule has 138 valence electrons. The molecule has 0 amide bonds. The fraction of sp³-hybridized carbons (Fsp3) is 0.800. The molecule has 5 nitrogen and oxygen atoms in total.